The Morgan fingerprint density at radius 2 is 1.93 bits per heavy atom. The number of aromatic nitrogens is 3. The number of hydrogen-bond donors (Lipinski definition) is 1. The molecule has 1 N–H and O–H groups in total. The van der Waals surface area contributed by atoms with Crippen LogP contribution >= 0.6 is 0 Å². The van der Waals surface area contributed by atoms with Crippen LogP contribution in [-0.2, 0) is 15.6 Å². The van der Waals surface area contributed by atoms with Crippen LogP contribution in [-0.4, -0.2) is 23.8 Å². The van der Waals surface area contributed by atoms with Gasteiger partial charge in [-0.15, -0.1) is 5.10 Å². The minimum atomic E-state index is -3.37. The van der Waals surface area contributed by atoms with E-state index in [4.69, 9.17) is 0 Å². The normalized spacial score (nSPS) is 11.5. The van der Waals surface area contributed by atoms with Crippen LogP contribution in [0.25, 0.3) is 0 Å². The molecule has 0 bridgehead atoms. The van der Waals surface area contributed by atoms with Crippen molar-refractivity contribution in [3.63, 3.8) is 0 Å². The maximum absolute atomic E-state index is 11.7. The summed E-state index contributed by atoms with van der Waals surface area (Å²) in [4.78, 5) is 0. The fraction of sp³-hybridized carbons (Fsp3) is 0.111. The Morgan fingerprint density at radius 1 is 1.20 bits per heavy atom. The molecule has 1 aromatic heterocycles. The fourth-order valence-corrected chi connectivity index (χ4v) is 2.39. The Hall–Kier alpha value is -1.69. The Labute approximate surface area is 87.1 Å². The molecule has 6 heteroatoms. The first-order valence-electron chi connectivity index (χ1n) is 4.31. The standard InChI is InChI=1S/C9H9N3O2S/c13-15(14,9-6-10-12-11-9)7-8-4-2-1-3-5-8/h1-6H,7H2,(H,10,11,12). The van der Waals surface area contributed by atoms with Crippen LogP contribution in [0.4, 0.5) is 0 Å². The number of aromatic amines is 1. The van der Waals surface area contributed by atoms with Gasteiger partial charge in [-0.1, -0.05) is 35.5 Å². The molecule has 0 spiro atoms. The van der Waals surface area contributed by atoms with Gasteiger partial charge in [-0.25, -0.2) is 8.42 Å². The maximum Gasteiger partial charge on any atom is 0.203 e. The summed E-state index contributed by atoms with van der Waals surface area (Å²) in [5.41, 5.74) is 0.737. The lowest BCUT2D eigenvalue weighted by Crippen LogP contribution is -2.05. The first kappa shape index (κ1) is 9.85. The van der Waals surface area contributed by atoms with Crippen LogP contribution in [0.1, 0.15) is 5.56 Å². The van der Waals surface area contributed by atoms with Crippen LogP contribution in [0.2, 0.25) is 0 Å². The Bertz CT molecular complexity index is 520. The van der Waals surface area contributed by atoms with Gasteiger partial charge in [0, 0.05) is 0 Å². The van der Waals surface area contributed by atoms with Crippen molar-refractivity contribution < 1.29 is 8.42 Å². The van der Waals surface area contributed by atoms with E-state index in [-0.39, 0.29) is 10.8 Å². The molecule has 2 rings (SSSR count). The molecule has 15 heavy (non-hydrogen) atoms. The molecule has 0 saturated heterocycles. The highest BCUT2D eigenvalue weighted by Crippen LogP contribution is 2.12. The van der Waals surface area contributed by atoms with Crippen LogP contribution in [0.15, 0.2) is 41.6 Å². The van der Waals surface area contributed by atoms with Crippen LogP contribution in [0.3, 0.4) is 0 Å². The van der Waals surface area contributed by atoms with Gasteiger partial charge in [-0.05, 0) is 5.56 Å². The summed E-state index contributed by atoms with van der Waals surface area (Å²) in [6.45, 7) is 0. The van der Waals surface area contributed by atoms with Crippen molar-refractivity contribution in [3.8, 4) is 0 Å². The van der Waals surface area contributed by atoms with E-state index in [9.17, 15) is 8.42 Å². The van der Waals surface area contributed by atoms with Gasteiger partial charge in [0.15, 0.2) is 5.03 Å². The Morgan fingerprint density at radius 3 is 2.53 bits per heavy atom. The van der Waals surface area contributed by atoms with Gasteiger partial charge in [0.1, 0.15) is 0 Å². The summed E-state index contributed by atoms with van der Waals surface area (Å²) >= 11 is 0. The number of hydrogen-bond acceptors (Lipinski definition) is 4. The third-order valence-corrected chi connectivity index (χ3v) is 3.46. The molecule has 0 amide bonds. The molecular formula is C9H9N3O2S. The van der Waals surface area contributed by atoms with Crippen molar-refractivity contribution in [2.24, 2.45) is 0 Å². The van der Waals surface area contributed by atoms with Crippen molar-refractivity contribution in [1.29, 1.82) is 0 Å². The van der Waals surface area contributed by atoms with Gasteiger partial charge in [0.2, 0.25) is 9.84 Å². The molecule has 0 aliphatic carbocycles. The van der Waals surface area contributed by atoms with E-state index in [0.29, 0.717) is 0 Å². The van der Waals surface area contributed by atoms with Gasteiger partial charge in [0.05, 0.1) is 11.9 Å². The summed E-state index contributed by atoms with van der Waals surface area (Å²) in [5.74, 6) is -0.0552. The first-order chi connectivity index (χ1) is 7.18. The SMILES string of the molecule is O=S(=O)(Cc1ccccc1)c1c[nH]nn1. The molecule has 2 aromatic rings. The molecule has 1 aromatic carbocycles. The van der Waals surface area contributed by atoms with Crippen LogP contribution in [0, 0.1) is 0 Å². The number of H-pyrrole nitrogens is 1. The molecule has 0 atom stereocenters. The van der Waals surface area contributed by atoms with Crippen molar-refractivity contribution in [2.45, 2.75) is 10.8 Å². The van der Waals surface area contributed by atoms with Gasteiger partial charge >= 0.3 is 0 Å². The molecule has 5 nitrogen and oxygen atoms in total. The minimum Gasteiger partial charge on any atom is -0.264 e. The van der Waals surface area contributed by atoms with E-state index >= 15 is 0 Å². The number of rotatable bonds is 3. The molecule has 0 aliphatic heterocycles. The Kier molecular flexibility index (Phi) is 2.51. The van der Waals surface area contributed by atoms with E-state index in [1.807, 2.05) is 6.07 Å². The average Bonchev–Trinajstić information content (AvgIpc) is 2.71. The third-order valence-electron chi connectivity index (χ3n) is 1.91. The van der Waals surface area contributed by atoms with Crippen molar-refractivity contribution in [3.05, 3.63) is 42.1 Å². The van der Waals surface area contributed by atoms with Crippen molar-refractivity contribution in [2.75, 3.05) is 0 Å². The smallest absolute Gasteiger partial charge is 0.203 e. The van der Waals surface area contributed by atoms with E-state index in [1.165, 1.54) is 6.20 Å². The van der Waals surface area contributed by atoms with Crippen molar-refractivity contribution in [1.82, 2.24) is 15.4 Å². The summed E-state index contributed by atoms with van der Waals surface area (Å²) in [5, 5.41) is 9.23. The summed E-state index contributed by atoms with van der Waals surface area (Å²) in [6, 6.07) is 8.96. The summed E-state index contributed by atoms with van der Waals surface area (Å²) in [7, 11) is -3.37. The van der Waals surface area contributed by atoms with E-state index in [1.54, 1.807) is 24.3 Å². The largest absolute Gasteiger partial charge is 0.264 e. The number of benzene rings is 1. The second-order valence-corrected chi connectivity index (χ2v) is 4.99. The molecule has 0 unspecified atom stereocenters. The topological polar surface area (TPSA) is 75.7 Å². The molecule has 0 fully saturated rings. The highest BCUT2D eigenvalue weighted by Gasteiger charge is 2.17. The lowest BCUT2D eigenvalue weighted by molar-refractivity contribution is 0.591. The molecule has 0 aliphatic rings. The Balaban J connectivity index is 2.27. The third kappa shape index (κ3) is 2.21. The quantitative estimate of drug-likeness (QED) is 0.834. The predicted molar refractivity (Wildman–Crippen MR) is 53.7 cm³/mol. The first-order valence-corrected chi connectivity index (χ1v) is 5.97. The van der Waals surface area contributed by atoms with Crippen LogP contribution < -0.4 is 0 Å². The predicted octanol–water partition coefficient (Wildman–Crippen LogP) is 0.779. The highest BCUT2D eigenvalue weighted by molar-refractivity contribution is 7.90. The second kappa shape index (κ2) is 3.82. The molecule has 78 valence electrons. The van der Waals surface area contributed by atoms with Gasteiger partial charge in [0.25, 0.3) is 0 Å². The summed E-state index contributed by atoms with van der Waals surface area (Å²) < 4.78 is 23.5. The number of sulfone groups is 1. The molecule has 0 radical (unpaired) electrons. The van der Waals surface area contributed by atoms with E-state index in [0.717, 1.165) is 5.56 Å². The fourth-order valence-electron chi connectivity index (χ4n) is 1.21. The lowest BCUT2D eigenvalue weighted by Gasteiger charge is -1.99. The molecule has 1 heterocycles. The maximum atomic E-state index is 11.7. The van der Waals surface area contributed by atoms with Crippen LogP contribution in [0.5, 0.6) is 0 Å². The van der Waals surface area contributed by atoms with E-state index < -0.39 is 9.84 Å². The lowest BCUT2D eigenvalue weighted by atomic mass is 10.2. The zero-order valence-corrected chi connectivity index (χ0v) is 8.61. The second-order valence-electron chi connectivity index (χ2n) is 3.06. The molecule has 0 saturated carbocycles. The number of nitrogens with one attached hydrogen (secondary N) is 1. The number of nitrogens with zero attached hydrogens (tertiary/aromatic N) is 2. The zero-order chi connectivity index (χ0) is 10.7. The van der Waals surface area contributed by atoms with Gasteiger partial charge < -0.3 is 0 Å². The zero-order valence-electron chi connectivity index (χ0n) is 7.79. The minimum absolute atomic E-state index is 0.0219. The van der Waals surface area contributed by atoms with Crippen molar-refractivity contribution >= 4 is 9.84 Å². The highest BCUT2D eigenvalue weighted by atomic mass is 32.2. The molecular weight excluding hydrogens is 214 g/mol. The average molecular weight is 223 g/mol. The van der Waals surface area contributed by atoms with Gasteiger partial charge in [-0.2, -0.15) is 0 Å². The van der Waals surface area contributed by atoms with Gasteiger partial charge in [-0.3, -0.25) is 5.10 Å². The monoisotopic (exact) mass is 223 g/mol. The summed E-state index contributed by atoms with van der Waals surface area (Å²) in [6.07, 6.45) is 1.28. The van der Waals surface area contributed by atoms with E-state index in [2.05, 4.69) is 15.4 Å².